The van der Waals surface area contributed by atoms with Crippen LogP contribution >= 0.6 is 0 Å². The van der Waals surface area contributed by atoms with Gasteiger partial charge in [-0.15, -0.1) is 0 Å². The molecule has 0 atom stereocenters. The lowest BCUT2D eigenvalue weighted by atomic mass is 9.68. The predicted octanol–water partition coefficient (Wildman–Crippen LogP) is 6.90. The summed E-state index contributed by atoms with van der Waals surface area (Å²) in [6.07, 6.45) is 15.2. The van der Waals surface area contributed by atoms with Gasteiger partial charge in [-0.05, 0) is 92.7 Å². The summed E-state index contributed by atoms with van der Waals surface area (Å²) < 4.78 is 12.0. The largest absolute Gasteiger partial charge is 0.216 e. The predicted molar refractivity (Wildman–Crippen MR) is 101 cm³/mol. The van der Waals surface area contributed by atoms with E-state index in [1.165, 1.54) is 63.4 Å². The van der Waals surface area contributed by atoms with Crippen LogP contribution in [0, 0.1) is 29.1 Å². The Morgan fingerprint density at radius 3 is 2.08 bits per heavy atom. The first kappa shape index (κ1) is 18.2. The summed E-state index contributed by atoms with van der Waals surface area (Å²) in [5.74, 6) is 3.35. The van der Waals surface area contributed by atoms with Crippen LogP contribution in [-0.4, -0.2) is 0 Å². The van der Waals surface area contributed by atoms with E-state index in [2.05, 4.69) is 18.2 Å². The number of nitriles is 1. The molecular formula is C23H30FN. The fourth-order valence-corrected chi connectivity index (χ4v) is 5.10. The number of hydrogen-bond donors (Lipinski definition) is 0. The van der Waals surface area contributed by atoms with Crippen molar-refractivity contribution in [2.24, 2.45) is 17.8 Å². The lowest BCUT2D eigenvalue weighted by Gasteiger charge is -2.38. The maximum atomic E-state index is 12.0. The van der Waals surface area contributed by atoms with Gasteiger partial charge in [-0.25, -0.2) is 4.39 Å². The van der Waals surface area contributed by atoms with Gasteiger partial charge in [0.25, 0.3) is 0 Å². The molecule has 2 fully saturated rings. The third-order valence-electron chi connectivity index (χ3n) is 6.67. The van der Waals surface area contributed by atoms with E-state index < -0.39 is 0 Å². The summed E-state index contributed by atoms with van der Waals surface area (Å²) in [4.78, 5) is 0. The molecule has 134 valence electrons. The van der Waals surface area contributed by atoms with Gasteiger partial charge in [-0.3, -0.25) is 0 Å². The van der Waals surface area contributed by atoms with Crippen LogP contribution in [0.15, 0.2) is 36.7 Å². The van der Waals surface area contributed by atoms with Crippen LogP contribution in [0.1, 0.15) is 81.3 Å². The summed E-state index contributed by atoms with van der Waals surface area (Å²) in [6.45, 7) is 0. The summed E-state index contributed by atoms with van der Waals surface area (Å²) in [7, 11) is 0. The van der Waals surface area contributed by atoms with Crippen molar-refractivity contribution in [2.45, 2.75) is 70.1 Å². The number of allylic oxidation sites excluding steroid dienone is 1. The quantitative estimate of drug-likeness (QED) is 0.572. The molecule has 0 unspecified atom stereocenters. The van der Waals surface area contributed by atoms with E-state index in [-0.39, 0.29) is 0 Å². The zero-order valence-corrected chi connectivity index (χ0v) is 15.2. The maximum absolute atomic E-state index is 12.0. The van der Waals surface area contributed by atoms with Gasteiger partial charge in [0.2, 0.25) is 0 Å². The molecule has 1 aromatic rings. The molecule has 0 N–H and O–H groups in total. The fraction of sp³-hybridized carbons (Fsp3) is 0.609. The lowest BCUT2D eigenvalue weighted by molar-refractivity contribution is 0.157. The molecule has 0 spiro atoms. The van der Waals surface area contributed by atoms with Crippen LogP contribution in [0.5, 0.6) is 0 Å². The van der Waals surface area contributed by atoms with Crippen molar-refractivity contribution < 1.29 is 4.39 Å². The minimum Gasteiger partial charge on any atom is -0.216 e. The molecule has 2 saturated carbocycles. The number of nitrogens with zero attached hydrogens (tertiary/aromatic N) is 1. The van der Waals surface area contributed by atoms with Crippen molar-refractivity contribution in [1.29, 1.82) is 5.26 Å². The van der Waals surface area contributed by atoms with Crippen LogP contribution < -0.4 is 0 Å². The highest BCUT2D eigenvalue weighted by Crippen LogP contribution is 2.44. The van der Waals surface area contributed by atoms with E-state index in [1.807, 2.05) is 12.1 Å². The average molecular weight is 339 g/mol. The monoisotopic (exact) mass is 339 g/mol. The maximum Gasteiger partial charge on any atom is 0.0991 e. The third kappa shape index (κ3) is 4.94. The van der Waals surface area contributed by atoms with Gasteiger partial charge in [-0.2, -0.15) is 5.26 Å². The Morgan fingerprint density at radius 2 is 1.52 bits per heavy atom. The van der Waals surface area contributed by atoms with Gasteiger partial charge in [0.05, 0.1) is 18.0 Å². The smallest absolute Gasteiger partial charge is 0.0991 e. The van der Waals surface area contributed by atoms with Crippen molar-refractivity contribution in [3.63, 3.8) is 0 Å². The molecule has 1 nitrogen and oxygen atoms in total. The highest BCUT2D eigenvalue weighted by molar-refractivity contribution is 5.33. The first-order valence-electron chi connectivity index (χ1n) is 10.1. The Balaban J connectivity index is 1.43. The fourth-order valence-electron chi connectivity index (χ4n) is 5.10. The van der Waals surface area contributed by atoms with Crippen molar-refractivity contribution in [3.8, 4) is 6.07 Å². The van der Waals surface area contributed by atoms with Crippen molar-refractivity contribution in [1.82, 2.24) is 0 Å². The summed E-state index contributed by atoms with van der Waals surface area (Å²) >= 11 is 0. The molecule has 2 aliphatic carbocycles. The minimum atomic E-state index is 0.688. The first-order chi connectivity index (χ1) is 12.3. The van der Waals surface area contributed by atoms with Gasteiger partial charge in [0.15, 0.2) is 0 Å². The van der Waals surface area contributed by atoms with E-state index in [0.29, 0.717) is 12.2 Å². The van der Waals surface area contributed by atoms with Crippen LogP contribution in [-0.2, 0) is 0 Å². The summed E-state index contributed by atoms with van der Waals surface area (Å²) in [6, 6.07) is 10.4. The summed E-state index contributed by atoms with van der Waals surface area (Å²) in [5.41, 5.74) is 2.18. The normalized spacial score (nSPS) is 30.2. The molecule has 2 aliphatic rings. The molecule has 2 heteroatoms. The minimum absolute atomic E-state index is 0.688. The van der Waals surface area contributed by atoms with E-state index >= 15 is 0 Å². The van der Waals surface area contributed by atoms with Crippen LogP contribution in [0.4, 0.5) is 4.39 Å². The second-order valence-electron chi connectivity index (χ2n) is 8.07. The Morgan fingerprint density at radius 1 is 0.920 bits per heavy atom. The Kier molecular flexibility index (Phi) is 6.68. The van der Waals surface area contributed by atoms with Crippen molar-refractivity contribution >= 4 is 0 Å². The lowest BCUT2D eigenvalue weighted by Crippen LogP contribution is -2.25. The van der Waals surface area contributed by atoms with Gasteiger partial charge < -0.3 is 0 Å². The molecule has 25 heavy (non-hydrogen) atoms. The standard InChI is InChI=1S/C23H30FN/c24-16-2-1-3-18-4-8-20(9-5-18)22-12-14-23(15-13-22)21-10-6-19(17-25)7-11-21/h2,6-7,10-11,16,18,20,22-23H,1,3-5,8-9,12-15H2/b16-2+. The molecule has 0 amide bonds. The number of rotatable bonds is 5. The van der Waals surface area contributed by atoms with E-state index in [4.69, 9.17) is 5.26 Å². The van der Waals surface area contributed by atoms with E-state index in [0.717, 1.165) is 29.7 Å². The zero-order valence-electron chi connectivity index (χ0n) is 15.2. The zero-order chi connectivity index (χ0) is 17.5. The molecule has 0 saturated heterocycles. The number of halogens is 1. The van der Waals surface area contributed by atoms with Gasteiger partial charge in [0.1, 0.15) is 0 Å². The molecule has 0 heterocycles. The Hall–Kier alpha value is -1.62. The molecule has 0 aliphatic heterocycles. The average Bonchev–Trinajstić information content (AvgIpc) is 2.69. The molecule has 1 aromatic carbocycles. The second-order valence-corrected chi connectivity index (χ2v) is 8.07. The summed E-state index contributed by atoms with van der Waals surface area (Å²) in [5, 5.41) is 8.93. The van der Waals surface area contributed by atoms with E-state index in [1.54, 1.807) is 6.08 Å². The third-order valence-corrected chi connectivity index (χ3v) is 6.67. The first-order valence-corrected chi connectivity index (χ1v) is 10.1. The van der Waals surface area contributed by atoms with Gasteiger partial charge in [0, 0.05) is 0 Å². The molecular weight excluding hydrogens is 309 g/mol. The van der Waals surface area contributed by atoms with Crippen LogP contribution in [0.3, 0.4) is 0 Å². The van der Waals surface area contributed by atoms with Crippen LogP contribution in [0.25, 0.3) is 0 Å². The van der Waals surface area contributed by atoms with Crippen LogP contribution in [0.2, 0.25) is 0 Å². The highest BCUT2D eigenvalue weighted by Gasteiger charge is 2.31. The SMILES string of the molecule is N#Cc1ccc(C2CCC(C3CCC(CC/C=C/F)CC3)CC2)cc1. The molecule has 0 radical (unpaired) electrons. The molecule has 3 rings (SSSR count). The molecule has 0 bridgehead atoms. The van der Waals surface area contributed by atoms with Crippen molar-refractivity contribution in [3.05, 3.63) is 47.8 Å². The second kappa shape index (κ2) is 9.18. The Labute approximate surface area is 151 Å². The van der Waals surface area contributed by atoms with E-state index in [9.17, 15) is 4.39 Å². The van der Waals surface area contributed by atoms with Gasteiger partial charge in [-0.1, -0.05) is 31.1 Å². The highest BCUT2D eigenvalue weighted by atomic mass is 19.1. The number of benzene rings is 1. The van der Waals surface area contributed by atoms with Gasteiger partial charge >= 0.3 is 0 Å². The topological polar surface area (TPSA) is 23.8 Å². The number of hydrogen-bond acceptors (Lipinski definition) is 1. The van der Waals surface area contributed by atoms with Crippen molar-refractivity contribution in [2.75, 3.05) is 0 Å². The molecule has 0 aromatic heterocycles. The Bertz CT molecular complexity index is 582.